The number of carboxylic acid groups (broad SMARTS) is 1. The van der Waals surface area contributed by atoms with Gasteiger partial charge in [0.05, 0.1) is 11.6 Å². The molecule has 0 aliphatic carbocycles. The van der Waals surface area contributed by atoms with Crippen LogP contribution in [0.2, 0.25) is 0 Å². The number of amides is 2. The number of thiazole rings is 1. The number of aromatic carboxylic acids is 1. The third-order valence-corrected chi connectivity index (χ3v) is 3.52. The van der Waals surface area contributed by atoms with Gasteiger partial charge in [0.25, 0.3) is 0 Å². The highest BCUT2D eigenvalue weighted by Gasteiger charge is 2.11. The minimum absolute atomic E-state index is 0.173. The van der Waals surface area contributed by atoms with Crippen LogP contribution in [-0.2, 0) is 0 Å². The van der Waals surface area contributed by atoms with Crippen molar-refractivity contribution in [2.45, 2.75) is 13.0 Å². The first-order chi connectivity index (χ1) is 9.56. The van der Waals surface area contributed by atoms with Crippen LogP contribution in [0.15, 0.2) is 35.8 Å². The topological polar surface area (TPSA) is 91.3 Å². The number of carbonyl (C=O) groups is 2. The smallest absolute Gasteiger partial charge is 0.335 e. The lowest BCUT2D eigenvalue weighted by Crippen LogP contribution is -2.31. The summed E-state index contributed by atoms with van der Waals surface area (Å²) < 4.78 is 0. The molecule has 6 nitrogen and oxygen atoms in total. The van der Waals surface area contributed by atoms with Gasteiger partial charge in [0.1, 0.15) is 5.01 Å². The molecule has 0 bridgehead atoms. The number of nitrogens with one attached hydrogen (secondary N) is 2. The van der Waals surface area contributed by atoms with Crippen molar-refractivity contribution >= 4 is 29.0 Å². The number of benzene rings is 1. The number of hydrogen-bond donors (Lipinski definition) is 3. The van der Waals surface area contributed by atoms with Crippen LogP contribution >= 0.6 is 11.3 Å². The molecule has 0 saturated carbocycles. The van der Waals surface area contributed by atoms with Crippen LogP contribution in [0, 0.1) is 0 Å². The SMILES string of the molecule is CC(NC(=O)Nc1ccc(C(=O)O)cc1)c1nccs1. The molecule has 104 valence electrons. The lowest BCUT2D eigenvalue weighted by Gasteiger charge is -2.12. The van der Waals surface area contributed by atoms with Crippen molar-refractivity contribution in [1.29, 1.82) is 0 Å². The zero-order chi connectivity index (χ0) is 14.5. The number of aromatic nitrogens is 1. The zero-order valence-corrected chi connectivity index (χ0v) is 11.5. The molecule has 7 heteroatoms. The van der Waals surface area contributed by atoms with Gasteiger partial charge >= 0.3 is 12.0 Å². The third-order valence-electron chi connectivity index (χ3n) is 2.56. The van der Waals surface area contributed by atoms with Gasteiger partial charge in [0, 0.05) is 17.3 Å². The first-order valence-electron chi connectivity index (χ1n) is 5.86. The van der Waals surface area contributed by atoms with E-state index in [9.17, 15) is 9.59 Å². The van der Waals surface area contributed by atoms with Gasteiger partial charge in [-0.15, -0.1) is 11.3 Å². The maximum Gasteiger partial charge on any atom is 0.335 e. The first-order valence-corrected chi connectivity index (χ1v) is 6.74. The van der Waals surface area contributed by atoms with Crippen molar-refractivity contribution < 1.29 is 14.7 Å². The van der Waals surface area contributed by atoms with Crippen molar-refractivity contribution in [3.63, 3.8) is 0 Å². The zero-order valence-electron chi connectivity index (χ0n) is 10.7. The molecular weight excluding hydrogens is 278 g/mol. The number of nitrogens with zero attached hydrogens (tertiary/aromatic N) is 1. The molecule has 1 aromatic heterocycles. The highest BCUT2D eigenvalue weighted by Crippen LogP contribution is 2.15. The van der Waals surface area contributed by atoms with E-state index < -0.39 is 5.97 Å². The highest BCUT2D eigenvalue weighted by molar-refractivity contribution is 7.09. The fourth-order valence-electron chi connectivity index (χ4n) is 1.57. The van der Waals surface area contributed by atoms with Crippen molar-refractivity contribution in [3.05, 3.63) is 46.4 Å². The van der Waals surface area contributed by atoms with Crippen molar-refractivity contribution in [2.75, 3.05) is 5.32 Å². The van der Waals surface area contributed by atoms with E-state index in [4.69, 9.17) is 5.11 Å². The Morgan fingerprint density at radius 2 is 2.00 bits per heavy atom. The van der Waals surface area contributed by atoms with Crippen LogP contribution in [-0.4, -0.2) is 22.1 Å². The van der Waals surface area contributed by atoms with Crippen molar-refractivity contribution in [1.82, 2.24) is 10.3 Å². The van der Waals surface area contributed by atoms with Crippen LogP contribution in [0.4, 0.5) is 10.5 Å². The predicted molar refractivity (Wildman–Crippen MR) is 76.1 cm³/mol. The Bertz CT molecular complexity index is 596. The Labute approximate surface area is 119 Å². The van der Waals surface area contributed by atoms with Gasteiger partial charge in [-0.05, 0) is 31.2 Å². The maximum atomic E-state index is 11.8. The molecule has 1 unspecified atom stereocenters. The molecule has 2 rings (SSSR count). The second-order valence-electron chi connectivity index (χ2n) is 4.07. The minimum Gasteiger partial charge on any atom is -0.478 e. The van der Waals surface area contributed by atoms with Crippen LogP contribution < -0.4 is 10.6 Å². The normalized spacial score (nSPS) is 11.7. The molecule has 0 fully saturated rings. The fraction of sp³-hybridized carbons (Fsp3) is 0.154. The van der Waals surface area contributed by atoms with E-state index in [1.54, 1.807) is 6.20 Å². The summed E-state index contributed by atoms with van der Waals surface area (Å²) in [5.74, 6) is -1.00. The summed E-state index contributed by atoms with van der Waals surface area (Å²) in [5, 5.41) is 16.8. The van der Waals surface area contributed by atoms with E-state index in [1.807, 2.05) is 12.3 Å². The van der Waals surface area contributed by atoms with E-state index in [1.165, 1.54) is 35.6 Å². The van der Waals surface area contributed by atoms with Gasteiger partial charge in [-0.3, -0.25) is 0 Å². The Morgan fingerprint density at radius 1 is 1.30 bits per heavy atom. The summed E-state index contributed by atoms with van der Waals surface area (Å²) in [6.45, 7) is 1.84. The van der Waals surface area contributed by atoms with Crippen LogP contribution in [0.5, 0.6) is 0 Å². The molecule has 2 aromatic rings. The Kier molecular flexibility index (Phi) is 4.31. The molecule has 1 atom stereocenters. The summed E-state index contributed by atoms with van der Waals surface area (Å²) >= 11 is 1.47. The predicted octanol–water partition coefficient (Wildman–Crippen LogP) is 2.72. The molecule has 0 aliphatic heterocycles. The second kappa shape index (κ2) is 6.16. The first kappa shape index (κ1) is 14.0. The Hall–Kier alpha value is -2.41. The number of anilines is 1. The van der Waals surface area contributed by atoms with Gasteiger partial charge in [0.15, 0.2) is 0 Å². The molecule has 0 saturated heterocycles. The summed E-state index contributed by atoms with van der Waals surface area (Å²) in [5.41, 5.74) is 0.700. The van der Waals surface area contributed by atoms with Gasteiger partial charge in [-0.2, -0.15) is 0 Å². The molecule has 2 amide bonds. The van der Waals surface area contributed by atoms with Crippen molar-refractivity contribution in [3.8, 4) is 0 Å². The van der Waals surface area contributed by atoms with E-state index >= 15 is 0 Å². The number of urea groups is 1. The van der Waals surface area contributed by atoms with Gasteiger partial charge in [-0.25, -0.2) is 14.6 Å². The highest BCUT2D eigenvalue weighted by atomic mass is 32.1. The summed E-state index contributed by atoms with van der Waals surface area (Å²) in [7, 11) is 0. The van der Waals surface area contributed by atoms with Crippen LogP contribution in [0.3, 0.4) is 0 Å². The van der Waals surface area contributed by atoms with E-state index in [-0.39, 0.29) is 17.6 Å². The summed E-state index contributed by atoms with van der Waals surface area (Å²) in [4.78, 5) is 26.6. The Balaban J connectivity index is 1.92. The van der Waals surface area contributed by atoms with Gasteiger partial charge in [0.2, 0.25) is 0 Å². The van der Waals surface area contributed by atoms with Crippen LogP contribution in [0.25, 0.3) is 0 Å². The molecule has 3 N–H and O–H groups in total. The molecule has 1 aromatic carbocycles. The van der Waals surface area contributed by atoms with Gasteiger partial charge < -0.3 is 15.7 Å². The second-order valence-corrected chi connectivity index (χ2v) is 5.00. The van der Waals surface area contributed by atoms with Crippen molar-refractivity contribution in [2.24, 2.45) is 0 Å². The molecule has 0 spiro atoms. The molecule has 1 heterocycles. The summed E-state index contributed by atoms with van der Waals surface area (Å²) in [6.07, 6.45) is 1.68. The fourth-order valence-corrected chi connectivity index (χ4v) is 2.22. The lowest BCUT2D eigenvalue weighted by atomic mass is 10.2. The molecular formula is C13H13N3O3S. The van der Waals surface area contributed by atoms with E-state index in [0.29, 0.717) is 5.69 Å². The molecule has 0 radical (unpaired) electrons. The average molecular weight is 291 g/mol. The van der Waals surface area contributed by atoms with Crippen LogP contribution in [0.1, 0.15) is 28.3 Å². The molecule has 0 aliphatic rings. The number of rotatable bonds is 4. The largest absolute Gasteiger partial charge is 0.478 e. The Morgan fingerprint density at radius 3 is 2.55 bits per heavy atom. The lowest BCUT2D eigenvalue weighted by molar-refractivity contribution is 0.0697. The monoisotopic (exact) mass is 291 g/mol. The average Bonchev–Trinajstić information content (AvgIpc) is 2.93. The summed E-state index contributed by atoms with van der Waals surface area (Å²) in [6, 6.07) is 5.39. The maximum absolute atomic E-state index is 11.8. The quantitative estimate of drug-likeness (QED) is 0.807. The standard InChI is InChI=1S/C13H13N3O3S/c1-8(11-14-6-7-20-11)15-13(19)16-10-4-2-9(3-5-10)12(17)18/h2-8H,1H3,(H,17,18)(H2,15,16,19). The van der Waals surface area contributed by atoms with E-state index in [2.05, 4.69) is 15.6 Å². The number of carbonyl (C=O) groups excluding carboxylic acids is 1. The van der Waals surface area contributed by atoms with E-state index in [0.717, 1.165) is 5.01 Å². The van der Waals surface area contributed by atoms with Gasteiger partial charge in [-0.1, -0.05) is 0 Å². The number of hydrogen-bond acceptors (Lipinski definition) is 4. The minimum atomic E-state index is -1.00. The third kappa shape index (κ3) is 3.55. The number of carboxylic acids is 1. The molecule has 20 heavy (non-hydrogen) atoms.